The average Bonchev–Trinajstić information content (AvgIpc) is 2.68. The van der Waals surface area contributed by atoms with Gasteiger partial charge in [0.05, 0.1) is 7.11 Å². The summed E-state index contributed by atoms with van der Waals surface area (Å²) in [5, 5.41) is 0. The minimum Gasteiger partial charge on any atom is -0.494 e. The van der Waals surface area contributed by atoms with E-state index in [9.17, 15) is 4.39 Å². The van der Waals surface area contributed by atoms with Gasteiger partial charge in [-0.2, -0.15) is 0 Å². The van der Waals surface area contributed by atoms with Crippen molar-refractivity contribution in [1.82, 2.24) is 0 Å². The Kier molecular flexibility index (Phi) is 4.78. The molecule has 0 spiro atoms. The second-order valence-corrected chi connectivity index (χ2v) is 7.84. The van der Waals surface area contributed by atoms with Crippen molar-refractivity contribution in [3.05, 3.63) is 65.5 Å². The molecule has 2 aromatic carbocycles. The van der Waals surface area contributed by atoms with Crippen LogP contribution in [0.5, 0.6) is 5.75 Å². The number of hydrogen-bond acceptors (Lipinski definition) is 1. The third-order valence-electron chi connectivity index (χ3n) is 6.53. The van der Waals surface area contributed by atoms with Crippen LogP contribution in [0.25, 0.3) is 0 Å². The summed E-state index contributed by atoms with van der Waals surface area (Å²) >= 11 is 0. The predicted octanol–water partition coefficient (Wildman–Crippen LogP) is 6.30. The molecule has 2 fully saturated rings. The Labute approximate surface area is 150 Å². The Balaban J connectivity index is 1.42. The highest BCUT2D eigenvalue weighted by Crippen LogP contribution is 2.49. The molecule has 2 aromatic rings. The van der Waals surface area contributed by atoms with Gasteiger partial charge in [-0.15, -0.1) is 0 Å². The van der Waals surface area contributed by atoms with E-state index in [1.165, 1.54) is 51.2 Å². The van der Waals surface area contributed by atoms with Gasteiger partial charge >= 0.3 is 0 Å². The van der Waals surface area contributed by atoms with Crippen LogP contribution in [0.15, 0.2) is 48.5 Å². The van der Waals surface area contributed by atoms with E-state index in [0.29, 0.717) is 11.7 Å². The van der Waals surface area contributed by atoms with Crippen LogP contribution in [0.1, 0.15) is 61.5 Å². The number of fused-ring (bicyclic) bond motifs is 1. The second-order valence-electron chi connectivity index (χ2n) is 7.84. The number of rotatable bonds is 3. The standard InChI is InChI=1S/C23H27FO/c1-25-23-12-11-21(15-22(23)24)20-10-9-18-13-17(7-8-19(18)14-20)16-5-3-2-4-6-16/h2-6,11-12,15,17-20H,7-10,13-14H2,1H3. The third kappa shape index (κ3) is 3.44. The topological polar surface area (TPSA) is 9.23 Å². The van der Waals surface area contributed by atoms with E-state index in [4.69, 9.17) is 4.74 Å². The van der Waals surface area contributed by atoms with E-state index in [1.54, 1.807) is 12.1 Å². The van der Waals surface area contributed by atoms with Gasteiger partial charge in [0.1, 0.15) is 0 Å². The largest absolute Gasteiger partial charge is 0.494 e. The summed E-state index contributed by atoms with van der Waals surface area (Å²) in [5.41, 5.74) is 2.67. The number of hydrogen-bond donors (Lipinski definition) is 0. The molecule has 1 nitrogen and oxygen atoms in total. The van der Waals surface area contributed by atoms with Gasteiger partial charge in [0.25, 0.3) is 0 Å². The van der Waals surface area contributed by atoms with E-state index in [-0.39, 0.29) is 5.82 Å². The molecule has 0 aliphatic heterocycles. The molecule has 2 saturated carbocycles. The van der Waals surface area contributed by atoms with Crippen LogP contribution in [-0.2, 0) is 0 Å². The summed E-state index contributed by atoms with van der Waals surface area (Å²) in [6.07, 6.45) is 7.64. The molecule has 0 saturated heterocycles. The van der Waals surface area contributed by atoms with Crippen molar-refractivity contribution in [2.75, 3.05) is 7.11 Å². The molecule has 132 valence electrons. The van der Waals surface area contributed by atoms with Crippen molar-refractivity contribution >= 4 is 0 Å². The molecule has 0 N–H and O–H groups in total. The summed E-state index contributed by atoms with van der Waals surface area (Å²) in [7, 11) is 1.52. The van der Waals surface area contributed by atoms with Crippen molar-refractivity contribution in [2.24, 2.45) is 11.8 Å². The number of halogens is 1. The summed E-state index contributed by atoms with van der Waals surface area (Å²) in [6.45, 7) is 0. The smallest absolute Gasteiger partial charge is 0.165 e. The summed E-state index contributed by atoms with van der Waals surface area (Å²) in [6, 6.07) is 16.5. The van der Waals surface area contributed by atoms with Gasteiger partial charge in [-0.05, 0) is 85.5 Å². The molecule has 25 heavy (non-hydrogen) atoms. The fourth-order valence-electron chi connectivity index (χ4n) is 5.16. The van der Waals surface area contributed by atoms with Crippen molar-refractivity contribution in [1.29, 1.82) is 0 Å². The maximum Gasteiger partial charge on any atom is 0.165 e. The summed E-state index contributed by atoms with van der Waals surface area (Å²) < 4.78 is 19.1. The molecule has 0 amide bonds. The van der Waals surface area contributed by atoms with Crippen LogP contribution in [0, 0.1) is 17.7 Å². The maximum absolute atomic E-state index is 14.1. The Morgan fingerprint density at radius 2 is 1.44 bits per heavy atom. The predicted molar refractivity (Wildman–Crippen MR) is 99.6 cm³/mol. The van der Waals surface area contributed by atoms with Gasteiger partial charge in [-0.25, -0.2) is 4.39 Å². The molecular weight excluding hydrogens is 311 g/mol. The van der Waals surface area contributed by atoms with Gasteiger partial charge in [0.15, 0.2) is 11.6 Å². The Morgan fingerprint density at radius 1 is 0.800 bits per heavy atom. The SMILES string of the molecule is COc1ccc(C2CCC3CC(c4ccccc4)CCC3C2)cc1F. The molecule has 4 rings (SSSR count). The van der Waals surface area contributed by atoms with E-state index < -0.39 is 0 Å². The lowest BCUT2D eigenvalue weighted by Crippen LogP contribution is -2.29. The first kappa shape index (κ1) is 16.6. The average molecular weight is 338 g/mol. The lowest BCUT2D eigenvalue weighted by atomic mass is 9.63. The Morgan fingerprint density at radius 3 is 2.04 bits per heavy atom. The van der Waals surface area contributed by atoms with Crippen molar-refractivity contribution < 1.29 is 9.13 Å². The van der Waals surface area contributed by atoms with Gasteiger partial charge < -0.3 is 4.74 Å². The normalized spacial score (nSPS) is 29.0. The van der Waals surface area contributed by atoms with Crippen LogP contribution in [0.3, 0.4) is 0 Å². The highest BCUT2D eigenvalue weighted by atomic mass is 19.1. The Hall–Kier alpha value is -1.83. The molecular formula is C23H27FO. The number of benzene rings is 2. The number of ether oxygens (including phenoxy) is 1. The van der Waals surface area contributed by atoms with Gasteiger partial charge in [0, 0.05) is 0 Å². The molecule has 0 radical (unpaired) electrons. The third-order valence-corrected chi connectivity index (χ3v) is 6.53. The molecule has 2 heteroatoms. The lowest BCUT2D eigenvalue weighted by molar-refractivity contribution is 0.141. The first-order valence-electron chi connectivity index (χ1n) is 9.63. The molecule has 2 aliphatic rings. The van der Waals surface area contributed by atoms with Gasteiger partial charge in [-0.1, -0.05) is 36.4 Å². The van der Waals surface area contributed by atoms with Crippen LogP contribution in [0.4, 0.5) is 4.39 Å². The molecule has 2 aliphatic carbocycles. The lowest BCUT2D eigenvalue weighted by Gasteiger charge is -2.42. The minimum absolute atomic E-state index is 0.227. The van der Waals surface area contributed by atoms with Gasteiger partial charge in [0.2, 0.25) is 0 Å². The first-order chi connectivity index (χ1) is 12.2. The molecule has 0 aromatic heterocycles. The quantitative estimate of drug-likeness (QED) is 0.638. The first-order valence-corrected chi connectivity index (χ1v) is 9.63. The van der Waals surface area contributed by atoms with Crippen LogP contribution in [0.2, 0.25) is 0 Å². The highest BCUT2D eigenvalue weighted by Gasteiger charge is 2.36. The molecule has 4 atom stereocenters. The van der Waals surface area contributed by atoms with Crippen LogP contribution < -0.4 is 4.74 Å². The van der Waals surface area contributed by atoms with Gasteiger partial charge in [-0.3, -0.25) is 0 Å². The molecule has 0 bridgehead atoms. The highest BCUT2D eigenvalue weighted by molar-refractivity contribution is 5.31. The molecule has 0 heterocycles. The monoisotopic (exact) mass is 338 g/mol. The summed E-state index contributed by atoms with van der Waals surface area (Å²) in [5.74, 6) is 3.02. The minimum atomic E-state index is -0.227. The zero-order valence-electron chi connectivity index (χ0n) is 15.0. The molecule has 4 unspecified atom stereocenters. The zero-order valence-corrected chi connectivity index (χ0v) is 15.0. The van der Waals surface area contributed by atoms with Crippen molar-refractivity contribution in [3.63, 3.8) is 0 Å². The zero-order chi connectivity index (χ0) is 17.2. The fraction of sp³-hybridized carbons (Fsp3) is 0.478. The Bertz CT molecular complexity index is 711. The van der Waals surface area contributed by atoms with E-state index in [1.807, 2.05) is 0 Å². The maximum atomic E-state index is 14.1. The van der Waals surface area contributed by atoms with E-state index in [2.05, 4.69) is 36.4 Å². The second kappa shape index (κ2) is 7.19. The van der Waals surface area contributed by atoms with Crippen molar-refractivity contribution in [3.8, 4) is 5.75 Å². The van der Waals surface area contributed by atoms with E-state index in [0.717, 1.165) is 23.3 Å². The fourth-order valence-corrected chi connectivity index (χ4v) is 5.16. The van der Waals surface area contributed by atoms with Crippen molar-refractivity contribution in [2.45, 2.75) is 50.4 Å². The number of methoxy groups -OCH3 is 1. The van der Waals surface area contributed by atoms with Crippen LogP contribution >= 0.6 is 0 Å². The van der Waals surface area contributed by atoms with Crippen LogP contribution in [-0.4, -0.2) is 7.11 Å². The summed E-state index contributed by atoms with van der Waals surface area (Å²) in [4.78, 5) is 0. The van der Waals surface area contributed by atoms with E-state index >= 15 is 0 Å².